The van der Waals surface area contributed by atoms with Crippen molar-refractivity contribution < 1.29 is 4.74 Å². The van der Waals surface area contributed by atoms with E-state index >= 15 is 0 Å². The standard InChI is InChI=1S/C14H18BrN3O/c1-19-9-7-16-14-4-2-12(3-5-14)6-8-18-11-13(15)10-17-18/h2-5,10-11,16H,6-9H2,1H3. The Morgan fingerprint density at radius 1 is 1.32 bits per heavy atom. The molecular weight excluding hydrogens is 306 g/mol. The molecule has 2 aromatic rings. The van der Waals surface area contributed by atoms with Crippen LogP contribution >= 0.6 is 15.9 Å². The third kappa shape index (κ3) is 4.69. The van der Waals surface area contributed by atoms with E-state index in [0.717, 1.165) is 36.3 Å². The zero-order valence-corrected chi connectivity index (χ0v) is 12.6. The zero-order valence-electron chi connectivity index (χ0n) is 11.0. The van der Waals surface area contributed by atoms with Crippen molar-refractivity contribution in [3.8, 4) is 0 Å². The maximum Gasteiger partial charge on any atom is 0.0635 e. The monoisotopic (exact) mass is 323 g/mol. The molecule has 0 aliphatic rings. The van der Waals surface area contributed by atoms with Crippen LogP contribution in [0.3, 0.4) is 0 Å². The van der Waals surface area contributed by atoms with Crippen LogP contribution in [0.15, 0.2) is 41.1 Å². The van der Waals surface area contributed by atoms with Gasteiger partial charge in [0, 0.05) is 32.1 Å². The van der Waals surface area contributed by atoms with Crippen molar-refractivity contribution in [2.45, 2.75) is 13.0 Å². The van der Waals surface area contributed by atoms with Gasteiger partial charge in [0.25, 0.3) is 0 Å². The van der Waals surface area contributed by atoms with Gasteiger partial charge in [-0.25, -0.2) is 0 Å². The first-order chi connectivity index (χ1) is 9.28. The smallest absolute Gasteiger partial charge is 0.0635 e. The van der Waals surface area contributed by atoms with Gasteiger partial charge in [-0.1, -0.05) is 12.1 Å². The fraction of sp³-hybridized carbons (Fsp3) is 0.357. The lowest BCUT2D eigenvalue weighted by Crippen LogP contribution is -2.07. The molecule has 1 aromatic heterocycles. The molecule has 2 rings (SSSR count). The topological polar surface area (TPSA) is 39.1 Å². The number of methoxy groups -OCH3 is 1. The quantitative estimate of drug-likeness (QED) is 0.796. The first kappa shape index (κ1) is 14.1. The van der Waals surface area contributed by atoms with Gasteiger partial charge in [-0.2, -0.15) is 5.10 Å². The molecule has 5 heteroatoms. The van der Waals surface area contributed by atoms with Crippen LogP contribution in [0.1, 0.15) is 5.56 Å². The molecule has 0 saturated heterocycles. The van der Waals surface area contributed by atoms with E-state index in [2.05, 4.69) is 50.6 Å². The largest absolute Gasteiger partial charge is 0.383 e. The molecule has 1 heterocycles. The SMILES string of the molecule is COCCNc1ccc(CCn2cc(Br)cn2)cc1. The van der Waals surface area contributed by atoms with E-state index in [4.69, 9.17) is 4.74 Å². The summed E-state index contributed by atoms with van der Waals surface area (Å²) in [7, 11) is 1.71. The summed E-state index contributed by atoms with van der Waals surface area (Å²) in [6.07, 6.45) is 4.77. The van der Waals surface area contributed by atoms with Crippen LogP contribution in [-0.2, 0) is 17.7 Å². The van der Waals surface area contributed by atoms with Crippen molar-refractivity contribution in [1.82, 2.24) is 9.78 Å². The highest BCUT2D eigenvalue weighted by atomic mass is 79.9. The van der Waals surface area contributed by atoms with Crippen LogP contribution in [-0.4, -0.2) is 30.0 Å². The fourth-order valence-corrected chi connectivity index (χ4v) is 2.12. The van der Waals surface area contributed by atoms with Crippen molar-refractivity contribution in [2.24, 2.45) is 0 Å². The first-order valence-corrected chi connectivity index (χ1v) is 7.07. The van der Waals surface area contributed by atoms with Gasteiger partial charge in [0.15, 0.2) is 0 Å². The summed E-state index contributed by atoms with van der Waals surface area (Å²) >= 11 is 3.40. The van der Waals surface area contributed by atoms with Crippen LogP contribution in [0.25, 0.3) is 0 Å². The molecule has 19 heavy (non-hydrogen) atoms. The molecule has 0 spiro atoms. The first-order valence-electron chi connectivity index (χ1n) is 6.27. The minimum absolute atomic E-state index is 0.718. The number of halogens is 1. The Kier molecular flexibility index (Phi) is 5.42. The van der Waals surface area contributed by atoms with Gasteiger partial charge in [0.1, 0.15) is 0 Å². The summed E-state index contributed by atoms with van der Waals surface area (Å²) < 4.78 is 7.96. The van der Waals surface area contributed by atoms with Crippen LogP contribution in [0.4, 0.5) is 5.69 Å². The highest BCUT2D eigenvalue weighted by molar-refractivity contribution is 9.10. The third-order valence-corrected chi connectivity index (χ3v) is 3.23. The molecule has 0 bridgehead atoms. The molecule has 0 aliphatic carbocycles. The predicted molar refractivity (Wildman–Crippen MR) is 80.4 cm³/mol. The summed E-state index contributed by atoms with van der Waals surface area (Å²) in [4.78, 5) is 0. The van der Waals surface area contributed by atoms with E-state index in [1.54, 1.807) is 7.11 Å². The summed E-state index contributed by atoms with van der Waals surface area (Å²) in [6, 6.07) is 8.50. The molecule has 102 valence electrons. The van der Waals surface area contributed by atoms with Gasteiger partial charge in [-0.15, -0.1) is 0 Å². The van der Waals surface area contributed by atoms with Gasteiger partial charge >= 0.3 is 0 Å². The van der Waals surface area contributed by atoms with E-state index in [9.17, 15) is 0 Å². The molecule has 0 amide bonds. The molecular formula is C14H18BrN3O. The average Bonchev–Trinajstić information content (AvgIpc) is 2.84. The second-order valence-corrected chi connectivity index (χ2v) is 5.20. The zero-order chi connectivity index (χ0) is 13.5. The number of ether oxygens (including phenoxy) is 1. The average molecular weight is 324 g/mol. The van der Waals surface area contributed by atoms with Crippen molar-refractivity contribution in [3.63, 3.8) is 0 Å². The Balaban J connectivity index is 1.81. The molecule has 1 N–H and O–H groups in total. The van der Waals surface area contributed by atoms with Gasteiger partial charge in [-0.05, 0) is 40.0 Å². The molecule has 0 unspecified atom stereocenters. The number of aryl methyl sites for hydroxylation is 2. The van der Waals surface area contributed by atoms with Crippen molar-refractivity contribution in [3.05, 3.63) is 46.7 Å². The number of hydrogen-bond donors (Lipinski definition) is 1. The highest BCUT2D eigenvalue weighted by Gasteiger charge is 1.98. The van der Waals surface area contributed by atoms with Gasteiger partial charge in [0.05, 0.1) is 17.3 Å². The number of anilines is 1. The van der Waals surface area contributed by atoms with Gasteiger partial charge in [-0.3, -0.25) is 4.68 Å². The Bertz CT molecular complexity index is 496. The highest BCUT2D eigenvalue weighted by Crippen LogP contribution is 2.11. The lowest BCUT2D eigenvalue weighted by Gasteiger charge is -2.07. The summed E-state index contributed by atoms with van der Waals surface area (Å²) in [5, 5.41) is 7.54. The van der Waals surface area contributed by atoms with E-state index in [0.29, 0.717) is 0 Å². The number of hydrogen-bond acceptors (Lipinski definition) is 3. The minimum atomic E-state index is 0.718. The second-order valence-electron chi connectivity index (χ2n) is 4.29. The lowest BCUT2D eigenvalue weighted by atomic mass is 10.1. The maximum absolute atomic E-state index is 5.00. The van der Waals surface area contributed by atoms with E-state index in [1.165, 1.54) is 5.56 Å². The van der Waals surface area contributed by atoms with E-state index in [1.807, 2.05) is 17.1 Å². The number of rotatable bonds is 7. The fourth-order valence-electron chi connectivity index (χ4n) is 1.79. The Morgan fingerprint density at radius 3 is 2.74 bits per heavy atom. The predicted octanol–water partition coefficient (Wildman–Crippen LogP) is 2.95. The van der Waals surface area contributed by atoms with Crippen molar-refractivity contribution in [1.29, 1.82) is 0 Å². The number of nitrogens with one attached hydrogen (secondary N) is 1. The molecule has 0 fully saturated rings. The molecule has 4 nitrogen and oxygen atoms in total. The minimum Gasteiger partial charge on any atom is -0.383 e. The molecule has 0 aliphatic heterocycles. The second kappa shape index (κ2) is 7.31. The van der Waals surface area contributed by atoms with Crippen molar-refractivity contribution >= 4 is 21.6 Å². The van der Waals surface area contributed by atoms with E-state index < -0.39 is 0 Å². The van der Waals surface area contributed by atoms with Gasteiger partial charge < -0.3 is 10.1 Å². The van der Waals surface area contributed by atoms with Crippen LogP contribution in [0, 0.1) is 0 Å². The summed E-state index contributed by atoms with van der Waals surface area (Å²) in [6.45, 7) is 2.44. The van der Waals surface area contributed by atoms with Gasteiger partial charge in [0.2, 0.25) is 0 Å². The third-order valence-electron chi connectivity index (χ3n) is 2.82. The summed E-state index contributed by atoms with van der Waals surface area (Å²) in [5.41, 5.74) is 2.44. The summed E-state index contributed by atoms with van der Waals surface area (Å²) in [5.74, 6) is 0. The number of nitrogens with zero attached hydrogens (tertiary/aromatic N) is 2. The van der Waals surface area contributed by atoms with E-state index in [-0.39, 0.29) is 0 Å². The molecule has 1 aromatic carbocycles. The number of benzene rings is 1. The normalized spacial score (nSPS) is 10.6. The Morgan fingerprint density at radius 2 is 2.11 bits per heavy atom. The van der Waals surface area contributed by atoms with Crippen molar-refractivity contribution in [2.75, 3.05) is 25.6 Å². The van der Waals surface area contributed by atoms with Crippen LogP contribution in [0.2, 0.25) is 0 Å². The Labute approximate surface area is 121 Å². The molecule has 0 radical (unpaired) electrons. The lowest BCUT2D eigenvalue weighted by molar-refractivity contribution is 0.211. The maximum atomic E-state index is 5.00. The molecule has 0 atom stereocenters. The van der Waals surface area contributed by atoms with Crippen LogP contribution < -0.4 is 5.32 Å². The Hall–Kier alpha value is -1.33. The molecule has 0 saturated carbocycles. The number of aromatic nitrogens is 2. The van der Waals surface area contributed by atoms with Crippen LogP contribution in [0.5, 0.6) is 0 Å².